The Morgan fingerprint density at radius 1 is 0.806 bits per heavy atom. The molecule has 6 nitrogen and oxygen atoms in total. The maximum atomic E-state index is 13.3. The summed E-state index contributed by atoms with van der Waals surface area (Å²) in [6, 6.07) is 32.7. The van der Waals surface area contributed by atoms with Crippen molar-refractivity contribution in [1.82, 2.24) is 19.7 Å². The topological polar surface area (TPSA) is 68.5 Å². The van der Waals surface area contributed by atoms with Crippen LogP contribution in [0.2, 0.25) is 0 Å². The summed E-state index contributed by atoms with van der Waals surface area (Å²) in [4.78, 5) is 23.2. The van der Waals surface area contributed by atoms with Crippen molar-refractivity contribution in [3.8, 4) is 5.75 Å². The van der Waals surface area contributed by atoms with Gasteiger partial charge in [0.15, 0.2) is 5.82 Å². The number of nitrogens with one attached hydrogen (secondary N) is 1. The Hall–Kier alpha value is -4.97. The summed E-state index contributed by atoms with van der Waals surface area (Å²) < 4.78 is 7.32. The molecule has 6 heteroatoms. The Balaban J connectivity index is 1.61. The first-order chi connectivity index (χ1) is 17.7. The molecule has 1 N–H and O–H groups in total. The molecule has 36 heavy (non-hydrogen) atoms. The number of amides is 1. The predicted molar refractivity (Wildman–Crippen MR) is 143 cm³/mol. The second-order valence-electron chi connectivity index (χ2n) is 8.36. The van der Waals surface area contributed by atoms with Crippen LogP contribution in [0.3, 0.4) is 0 Å². The van der Waals surface area contributed by atoms with Crippen LogP contribution >= 0.6 is 0 Å². The number of benzene rings is 4. The van der Waals surface area contributed by atoms with Crippen LogP contribution in [0.5, 0.6) is 5.75 Å². The molecule has 0 unspecified atom stereocenters. The second-order valence-corrected chi connectivity index (χ2v) is 8.36. The number of imidazole rings is 1. The highest BCUT2D eigenvalue weighted by Gasteiger charge is 2.19. The molecule has 174 valence electrons. The fraction of sp³-hybridized carbons (Fsp3) is 0.0333. The van der Waals surface area contributed by atoms with Crippen LogP contribution < -0.4 is 10.1 Å². The van der Waals surface area contributed by atoms with Gasteiger partial charge in [-0.15, -0.1) is 0 Å². The number of carbonyl (C=O) groups is 1. The third-order valence-corrected chi connectivity index (χ3v) is 6.10. The smallest absolute Gasteiger partial charge is 0.255 e. The van der Waals surface area contributed by atoms with Crippen molar-refractivity contribution < 1.29 is 9.53 Å². The molecule has 0 fully saturated rings. The van der Waals surface area contributed by atoms with E-state index in [1.807, 2.05) is 101 Å². The van der Waals surface area contributed by atoms with E-state index in [0.29, 0.717) is 17.1 Å². The summed E-state index contributed by atoms with van der Waals surface area (Å²) in [6.07, 6.45) is 1.92. The zero-order chi connectivity index (χ0) is 24.5. The Morgan fingerprint density at radius 3 is 2.28 bits per heavy atom. The number of rotatable bonds is 5. The summed E-state index contributed by atoms with van der Waals surface area (Å²) in [7, 11) is 1.64. The number of para-hydroxylation sites is 3. The molecule has 2 aromatic heterocycles. The Labute approximate surface area is 207 Å². The van der Waals surface area contributed by atoms with Crippen LogP contribution in [0, 0.1) is 0 Å². The quantitative estimate of drug-likeness (QED) is 0.337. The van der Waals surface area contributed by atoms with Crippen LogP contribution in [0.4, 0.5) is 0 Å². The molecular formula is C30H22N4O2. The van der Waals surface area contributed by atoms with E-state index in [1.54, 1.807) is 19.2 Å². The van der Waals surface area contributed by atoms with Gasteiger partial charge in [0.25, 0.3) is 5.91 Å². The minimum Gasteiger partial charge on any atom is -0.497 e. The summed E-state index contributed by atoms with van der Waals surface area (Å²) >= 11 is 0. The van der Waals surface area contributed by atoms with Crippen LogP contribution in [0.25, 0.3) is 39.4 Å². The molecule has 0 aliphatic heterocycles. The zero-order valence-electron chi connectivity index (χ0n) is 19.6. The highest BCUT2D eigenvalue weighted by atomic mass is 16.5. The number of nitrogens with zero attached hydrogens (tertiary/aromatic N) is 3. The van der Waals surface area contributed by atoms with E-state index >= 15 is 0 Å². The molecule has 6 aromatic rings. The first kappa shape index (κ1) is 21.6. The van der Waals surface area contributed by atoms with Gasteiger partial charge < -0.3 is 10.1 Å². The summed E-state index contributed by atoms with van der Waals surface area (Å²) in [6.45, 7) is 0. The lowest BCUT2D eigenvalue weighted by molar-refractivity contribution is 0.0973. The van der Waals surface area contributed by atoms with Crippen molar-refractivity contribution in [3.05, 3.63) is 120 Å². The average Bonchev–Trinajstić information content (AvgIpc) is 3.33. The number of aromatic nitrogens is 3. The van der Waals surface area contributed by atoms with Crippen molar-refractivity contribution in [1.29, 1.82) is 0 Å². The van der Waals surface area contributed by atoms with Crippen LogP contribution in [0.15, 0.2) is 103 Å². The number of carbonyl (C=O) groups excluding carboxylic acids is 1. The van der Waals surface area contributed by atoms with E-state index in [2.05, 4.69) is 5.32 Å². The van der Waals surface area contributed by atoms with E-state index in [9.17, 15) is 4.79 Å². The molecule has 6 rings (SSSR count). The molecule has 4 aromatic carbocycles. The Kier molecular flexibility index (Phi) is 5.39. The van der Waals surface area contributed by atoms with E-state index < -0.39 is 0 Å². The largest absolute Gasteiger partial charge is 0.497 e. The monoisotopic (exact) mass is 470 g/mol. The average molecular weight is 471 g/mol. The number of hydrogen-bond acceptors (Lipinski definition) is 4. The molecule has 0 spiro atoms. The highest BCUT2D eigenvalue weighted by Crippen LogP contribution is 2.28. The third-order valence-electron chi connectivity index (χ3n) is 6.10. The lowest BCUT2D eigenvalue weighted by atomic mass is 10.1. The Bertz CT molecular complexity index is 1750. The van der Waals surface area contributed by atoms with E-state index in [-0.39, 0.29) is 5.91 Å². The summed E-state index contributed by atoms with van der Waals surface area (Å²) in [5.74, 6) is 1.13. The lowest BCUT2D eigenvalue weighted by Gasteiger charge is -2.14. The van der Waals surface area contributed by atoms with Gasteiger partial charge in [0.05, 0.1) is 29.4 Å². The lowest BCUT2D eigenvalue weighted by Crippen LogP contribution is -2.23. The number of methoxy groups -OCH3 is 1. The fourth-order valence-electron chi connectivity index (χ4n) is 4.33. The molecule has 0 saturated carbocycles. The molecule has 0 radical (unpaired) electrons. The van der Waals surface area contributed by atoms with Gasteiger partial charge in [0.2, 0.25) is 0 Å². The van der Waals surface area contributed by atoms with Gasteiger partial charge in [0.1, 0.15) is 11.4 Å². The van der Waals surface area contributed by atoms with E-state index in [0.717, 1.165) is 38.9 Å². The maximum Gasteiger partial charge on any atom is 0.255 e. The molecule has 1 amide bonds. The standard InChI is InChI=1S/C30H22N4O2/c1-36-22-17-15-20(16-18-22)19-26(33-30(35)21-9-3-2-4-10-21)29-31-24-12-6-5-11-23(24)28-32-25-13-7-8-14-27(25)34(28)29/h2-19H,1H3,(H,33,35)/b26-19-. The van der Waals surface area contributed by atoms with Crippen LogP contribution in [-0.2, 0) is 0 Å². The van der Waals surface area contributed by atoms with Gasteiger partial charge in [-0.3, -0.25) is 9.20 Å². The van der Waals surface area contributed by atoms with E-state index in [1.165, 1.54) is 0 Å². The summed E-state index contributed by atoms with van der Waals surface area (Å²) in [5.41, 5.74) is 5.37. The Morgan fingerprint density at radius 2 is 1.50 bits per heavy atom. The molecule has 0 saturated heterocycles. The van der Waals surface area contributed by atoms with Crippen molar-refractivity contribution in [3.63, 3.8) is 0 Å². The van der Waals surface area contributed by atoms with Gasteiger partial charge >= 0.3 is 0 Å². The fourth-order valence-corrected chi connectivity index (χ4v) is 4.33. The molecule has 0 aliphatic rings. The maximum absolute atomic E-state index is 13.3. The van der Waals surface area contributed by atoms with Gasteiger partial charge in [-0.1, -0.05) is 54.6 Å². The molecule has 0 atom stereocenters. The predicted octanol–water partition coefficient (Wildman–Crippen LogP) is 5.97. The molecular weight excluding hydrogens is 448 g/mol. The van der Waals surface area contributed by atoms with Gasteiger partial charge in [0, 0.05) is 10.9 Å². The first-order valence-corrected chi connectivity index (χ1v) is 11.6. The molecule has 0 aliphatic carbocycles. The van der Waals surface area contributed by atoms with Gasteiger partial charge in [-0.25, -0.2) is 9.97 Å². The number of ether oxygens (including phenoxy) is 1. The first-order valence-electron chi connectivity index (χ1n) is 11.6. The minimum absolute atomic E-state index is 0.220. The van der Waals surface area contributed by atoms with E-state index in [4.69, 9.17) is 14.7 Å². The van der Waals surface area contributed by atoms with Crippen molar-refractivity contribution in [2.75, 3.05) is 7.11 Å². The number of fused-ring (bicyclic) bond motifs is 5. The summed E-state index contributed by atoms with van der Waals surface area (Å²) in [5, 5.41) is 4.06. The van der Waals surface area contributed by atoms with Gasteiger partial charge in [-0.05, 0) is 60.2 Å². The van der Waals surface area contributed by atoms with Gasteiger partial charge in [-0.2, -0.15) is 0 Å². The third kappa shape index (κ3) is 3.84. The molecule has 2 heterocycles. The molecule has 0 bridgehead atoms. The number of hydrogen-bond donors (Lipinski definition) is 1. The normalized spacial score (nSPS) is 11.8. The minimum atomic E-state index is -0.220. The zero-order valence-corrected chi connectivity index (χ0v) is 19.6. The second kappa shape index (κ2) is 9.00. The SMILES string of the molecule is COc1ccc(/C=C(\NC(=O)c2ccccc2)c2nc3ccccc3c3nc4ccccc4n23)cc1. The van der Waals surface area contributed by atoms with Crippen molar-refractivity contribution >= 4 is 45.3 Å². The van der Waals surface area contributed by atoms with Crippen LogP contribution in [-0.4, -0.2) is 27.4 Å². The van der Waals surface area contributed by atoms with Crippen molar-refractivity contribution in [2.24, 2.45) is 0 Å². The van der Waals surface area contributed by atoms with Crippen LogP contribution in [0.1, 0.15) is 21.7 Å². The highest BCUT2D eigenvalue weighted by molar-refractivity contribution is 6.03. The van der Waals surface area contributed by atoms with Crippen molar-refractivity contribution in [2.45, 2.75) is 0 Å².